The molecule has 0 bridgehead atoms. The molecule has 0 aliphatic carbocycles. The fraction of sp³-hybridized carbons (Fsp3) is 0.345. The number of rotatable bonds is 12. The van der Waals surface area contributed by atoms with Crippen molar-refractivity contribution < 1.29 is 27.9 Å². The number of aliphatic imine (C=N–C) groups is 1. The minimum Gasteiger partial charge on any atom is -0.497 e. The van der Waals surface area contributed by atoms with Crippen LogP contribution in [0.5, 0.6) is 5.75 Å². The van der Waals surface area contributed by atoms with E-state index in [1.165, 1.54) is 31.0 Å². The SMILES string of the molecule is CCSC(=NCc1cc(NC(=O)c2cccc(OC)c2)c(F)cc1F)c1sc(NC(=O)NCCCN2CCCC2=O)nc1N. The number of nitrogen functional groups attached to an aromatic ring is 1. The highest BCUT2D eigenvalue weighted by molar-refractivity contribution is 8.14. The summed E-state index contributed by atoms with van der Waals surface area (Å²) in [6.07, 6.45) is 2.07. The molecule has 0 unspecified atom stereocenters. The number of benzene rings is 2. The smallest absolute Gasteiger partial charge is 0.321 e. The van der Waals surface area contributed by atoms with E-state index in [0.29, 0.717) is 53.4 Å². The van der Waals surface area contributed by atoms with Gasteiger partial charge in [0.15, 0.2) is 5.13 Å². The summed E-state index contributed by atoms with van der Waals surface area (Å²) in [5, 5.41) is 8.59. The third kappa shape index (κ3) is 8.66. The van der Waals surface area contributed by atoms with Gasteiger partial charge in [-0.2, -0.15) is 0 Å². The van der Waals surface area contributed by atoms with Gasteiger partial charge in [-0.25, -0.2) is 18.6 Å². The maximum atomic E-state index is 14.7. The molecule has 1 aliphatic rings. The second-order valence-corrected chi connectivity index (χ2v) is 11.9. The Kier molecular flexibility index (Phi) is 11.5. The predicted octanol–water partition coefficient (Wildman–Crippen LogP) is 5.10. The van der Waals surface area contributed by atoms with E-state index in [4.69, 9.17) is 10.5 Å². The molecule has 234 valence electrons. The van der Waals surface area contributed by atoms with Gasteiger partial charge in [0.2, 0.25) is 5.91 Å². The van der Waals surface area contributed by atoms with Crippen molar-refractivity contribution >= 4 is 62.6 Å². The molecule has 2 heterocycles. The number of aromatic nitrogens is 1. The number of thioether (sulfide) groups is 1. The van der Waals surface area contributed by atoms with E-state index < -0.39 is 23.6 Å². The number of thiazole rings is 1. The van der Waals surface area contributed by atoms with E-state index in [-0.39, 0.29) is 40.2 Å². The van der Waals surface area contributed by atoms with E-state index in [2.05, 4.69) is 25.9 Å². The van der Waals surface area contributed by atoms with Crippen LogP contribution in [-0.2, 0) is 11.3 Å². The molecule has 1 fully saturated rings. The first-order valence-corrected chi connectivity index (χ1v) is 15.7. The molecule has 3 aromatic rings. The number of carbonyl (C=O) groups excluding carboxylic acids is 3. The second-order valence-electron chi connectivity index (χ2n) is 9.62. The summed E-state index contributed by atoms with van der Waals surface area (Å²) >= 11 is 2.47. The number of nitrogens with two attached hydrogens (primary N) is 1. The molecule has 0 spiro atoms. The van der Waals surface area contributed by atoms with Gasteiger partial charge >= 0.3 is 6.03 Å². The van der Waals surface area contributed by atoms with Crippen LogP contribution in [0.25, 0.3) is 0 Å². The monoisotopic (exact) mass is 645 g/mol. The molecular weight excluding hydrogens is 612 g/mol. The van der Waals surface area contributed by atoms with Gasteiger partial charge in [0, 0.05) is 43.2 Å². The highest BCUT2D eigenvalue weighted by Gasteiger charge is 2.20. The van der Waals surface area contributed by atoms with Crippen LogP contribution in [0.3, 0.4) is 0 Å². The zero-order chi connectivity index (χ0) is 31.6. The van der Waals surface area contributed by atoms with E-state index in [1.807, 2.05) is 6.92 Å². The molecule has 5 N–H and O–H groups in total. The fourth-order valence-electron chi connectivity index (χ4n) is 4.34. The lowest BCUT2D eigenvalue weighted by molar-refractivity contribution is -0.127. The van der Waals surface area contributed by atoms with Crippen LogP contribution in [0.1, 0.15) is 47.0 Å². The van der Waals surface area contributed by atoms with Crippen molar-refractivity contribution in [3.63, 3.8) is 0 Å². The molecule has 2 aromatic carbocycles. The number of urea groups is 1. The Morgan fingerprint density at radius 3 is 2.75 bits per heavy atom. The second kappa shape index (κ2) is 15.5. The van der Waals surface area contributed by atoms with Crippen molar-refractivity contribution in [2.45, 2.75) is 32.7 Å². The molecule has 4 rings (SSSR count). The van der Waals surface area contributed by atoms with E-state index in [9.17, 15) is 23.2 Å². The van der Waals surface area contributed by atoms with Crippen molar-refractivity contribution in [1.29, 1.82) is 0 Å². The Bertz CT molecular complexity index is 1550. The van der Waals surface area contributed by atoms with Crippen molar-refractivity contribution in [2.24, 2.45) is 4.99 Å². The Morgan fingerprint density at radius 2 is 2.02 bits per heavy atom. The van der Waals surface area contributed by atoms with Crippen molar-refractivity contribution in [3.8, 4) is 5.75 Å². The highest BCUT2D eigenvalue weighted by Crippen LogP contribution is 2.30. The quantitative estimate of drug-likeness (QED) is 0.122. The Balaban J connectivity index is 1.41. The summed E-state index contributed by atoms with van der Waals surface area (Å²) in [5.41, 5.74) is 6.24. The van der Waals surface area contributed by atoms with Gasteiger partial charge in [-0.15, -0.1) is 11.8 Å². The number of amides is 4. The Morgan fingerprint density at radius 1 is 1.20 bits per heavy atom. The lowest BCUT2D eigenvalue weighted by atomic mass is 10.1. The van der Waals surface area contributed by atoms with Crippen molar-refractivity contribution in [3.05, 3.63) is 64.0 Å². The summed E-state index contributed by atoms with van der Waals surface area (Å²) in [4.78, 5) is 47.8. The van der Waals surface area contributed by atoms with E-state index >= 15 is 0 Å². The summed E-state index contributed by atoms with van der Waals surface area (Å²) in [6, 6.07) is 7.78. The number of ether oxygens (including phenoxy) is 1. The van der Waals surface area contributed by atoms with Gasteiger partial charge in [0.1, 0.15) is 33.1 Å². The lowest BCUT2D eigenvalue weighted by Crippen LogP contribution is -2.32. The van der Waals surface area contributed by atoms with Crippen molar-refractivity contribution in [1.82, 2.24) is 15.2 Å². The first-order valence-electron chi connectivity index (χ1n) is 13.9. The highest BCUT2D eigenvalue weighted by atomic mass is 32.2. The summed E-state index contributed by atoms with van der Waals surface area (Å²) in [6.45, 7) is 3.46. The van der Waals surface area contributed by atoms with Crippen LogP contribution in [-0.4, -0.2) is 65.3 Å². The molecule has 1 aromatic heterocycles. The van der Waals surface area contributed by atoms with Gasteiger partial charge in [0.25, 0.3) is 5.91 Å². The fourth-order valence-corrected chi connectivity index (χ4v) is 6.09. The first kappa shape index (κ1) is 32.7. The number of hydrogen-bond acceptors (Lipinski definition) is 9. The molecule has 0 atom stereocenters. The number of likely N-dealkylation sites (tertiary alicyclic amines) is 1. The summed E-state index contributed by atoms with van der Waals surface area (Å²) in [5.74, 6) is -0.982. The Hall–Kier alpha value is -4.24. The van der Waals surface area contributed by atoms with Crippen LogP contribution in [0, 0.1) is 11.6 Å². The third-order valence-corrected chi connectivity index (χ3v) is 8.54. The zero-order valence-corrected chi connectivity index (χ0v) is 25.9. The molecule has 0 saturated carbocycles. The first-order chi connectivity index (χ1) is 21.2. The lowest BCUT2D eigenvalue weighted by Gasteiger charge is -2.15. The maximum absolute atomic E-state index is 14.7. The van der Waals surface area contributed by atoms with Gasteiger partial charge in [-0.05, 0) is 42.9 Å². The minimum atomic E-state index is -0.931. The average Bonchev–Trinajstić information content (AvgIpc) is 3.58. The van der Waals surface area contributed by atoms with Crippen LogP contribution < -0.4 is 26.4 Å². The molecule has 1 saturated heterocycles. The van der Waals surface area contributed by atoms with Crippen LogP contribution >= 0.6 is 23.1 Å². The van der Waals surface area contributed by atoms with Gasteiger partial charge in [0.05, 0.1) is 19.3 Å². The largest absolute Gasteiger partial charge is 0.497 e. The molecule has 15 heteroatoms. The minimum absolute atomic E-state index is 0.0537. The zero-order valence-electron chi connectivity index (χ0n) is 24.2. The number of methoxy groups -OCH3 is 1. The maximum Gasteiger partial charge on any atom is 0.321 e. The number of nitrogens with one attached hydrogen (secondary N) is 3. The number of hydrogen-bond donors (Lipinski definition) is 4. The number of anilines is 3. The summed E-state index contributed by atoms with van der Waals surface area (Å²) in [7, 11) is 1.46. The standard InChI is InChI=1S/C29H33F2N7O4S2/c1-3-43-27(24-25(32)36-29(44-24)37-28(41)33-10-6-12-38-11-5-9-23(38)39)34-16-18-14-22(21(31)15-20(18)30)35-26(40)17-7-4-8-19(13-17)42-2/h4,7-8,13-15H,3,5-6,9-12,16,32H2,1-2H3,(H,35,40)(H2,33,36,37,41). The predicted molar refractivity (Wildman–Crippen MR) is 170 cm³/mol. The van der Waals surface area contributed by atoms with Gasteiger partial charge in [-0.1, -0.05) is 24.3 Å². The average molecular weight is 646 g/mol. The van der Waals surface area contributed by atoms with Crippen molar-refractivity contribution in [2.75, 3.05) is 48.9 Å². The Labute approximate surface area is 261 Å². The van der Waals surface area contributed by atoms with Gasteiger partial charge < -0.3 is 26.0 Å². The molecule has 44 heavy (non-hydrogen) atoms. The van der Waals surface area contributed by atoms with E-state index in [0.717, 1.165) is 24.3 Å². The third-order valence-electron chi connectivity index (χ3n) is 6.52. The van der Waals surface area contributed by atoms with Gasteiger partial charge in [-0.3, -0.25) is 19.9 Å². The molecule has 4 amide bonds. The van der Waals surface area contributed by atoms with E-state index in [1.54, 1.807) is 23.1 Å². The van der Waals surface area contributed by atoms with Crippen LogP contribution in [0.2, 0.25) is 0 Å². The molecule has 11 nitrogen and oxygen atoms in total. The number of nitrogens with zero attached hydrogens (tertiary/aromatic N) is 3. The molecule has 0 radical (unpaired) electrons. The molecule has 1 aliphatic heterocycles. The number of carbonyl (C=O) groups is 3. The molecular formula is C29H33F2N7O4S2. The van der Waals surface area contributed by atoms with Crippen LogP contribution in [0.4, 0.5) is 30.2 Å². The summed E-state index contributed by atoms with van der Waals surface area (Å²) < 4.78 is 34.4. The van der Waals surface area contributed by atoms with Crippen LogP contribution in [0.15, 0.2) is 41.4 Å². The topological polar surface area (TPSA) is 151 Å². The normalized spacial score (nSPS) is 13.2. The number of halogens is 2.